The van der Waals surface area contributed by atoms with Crippen LogP contribution in [-0.4, -0.2) is 43.5 Å². The summed E-state index contributed by atoms with van der Waals surface area (Å²) in [6.45, 7) is 2.07. The molecular weight excluding hydrogens is 216 g/mol. The number of aromatic nitrogens is 1. The van der Waals surface area contributed by atoms with Gasteiger partial charge in [0.2, 0.25) is 5.91 Å². The molecule has 0 radical (unpaired) electrons. The number of carbonyl (C=O) groups excluding carboxylic acids is 1. The van der Waals surface area contributed by atoms with E-state index < -0.39 is 0 Å². The van der Waals surface area contributed by atoms with Crippen LogP contribution in [0, 0.1) is 18.3 Å². The zero-order chi connectivity index (χ0) is 13.0. The second-order valence-electron chi connectivity index (χ2n) is 4.11. The molecule has 90 valence electrons. The third-order valence-corrected chi connectivity index (χ3v) is 2.33. The van der Waals surface area contributed by atoms with Gasteiger partial charge in [-0.25, -0.2) is 4.98 Å². The summed E-state index contributed by atoms with van der Waals surface area (Å²) in [5.74, 6) is 0.631. The Kier molecular flexibility index (Phi) is 4.05. The van der Waals surface area contributed by atoms with Crippen molar-refractivity contribution >= 4 is 11.7 Å². The molecule has 5 heteroatoms. The number of hydrogen-bond donors (Lipinski definition) is 0. The third-order valence-electron chi connectivity index (χ3n) is 2.33. The van der Waals surface area contributed by atoms with Crippen molar-refractivity contribution in [3.05, 3.63) is 23.4 Å². The first-order valence-corrected chi connectivity index (χ1v) is 5.24. The Hall–Kier alpha value is -2.09. The first-order chi connectivity index (χ1) is 7.93. The van der Waals surface area contributed by atoms with E-state index in [1.165, 1.54) is 4.90 Å². The Labute approximate surface area is 101 Å². The van der Waals surface area contributed by atoms with Gasteiger partial charge in [0.05, 0.1) is 18.2 Å². The average Bonchev–Trinajstić information content (AvgIpc) is 2.27. The second-order valence-corrected chi connectivity index (χ2v) is 4.11. The van der Waals surface area contributed by atoms with Gasteiger partial charge >= 0.3 is 0 Å². The van der Waals surface area contributed by atoms with Crippen LogP contribution in [0.1, 0.15) is 11.3 Å². The lowest BCUT2D eigenvalue weighted by atomic mass is 10.2. The lowest BCUT2D eigenvalue weighted by molar-refractivity contribution is -0.127. The van der Waals surface area contributed by atoms with Gasteiger partial charge in [0.25, 0.3) is 0 Å². The smallest absolute Gasteiger partial charge is 0.241 e. The molecule has 1 aromatic heterocycles. The van der Waals surface area contributed by atoms with Crippen LogP contribution in [0.2, 0.25) is 0 Å². The molecule has 0 aliphatic carbocycles. The molecule has 1 heterocycles. The Morgan fingerprint density at radius 2 is 2.06 bits per heavy atom. The summed E-state index contributed by atoms with van der Waals surface area (Å²) < 4.78 is 0. The first-order valence-electron chi connectivity index (χ1n) is 5.24. The number of rotatable bonds is 3. The van der Waals surface area contributed by atoms with E-state index in [9.17, 15) is 4.79 Å². The van der Waals surface area contributed by atoms with E-state index in [0.717, 1.165) is 5.69 Å². The molecule has 0 unspecified atom stereocenters. The summed E-state index contributed by atoms with van der Waals surface area (Å²) in [7, 11) is 5.20. The molecule has 17 heavy (non-hydrogen) atoms. The molecule has 0 spiro atoms. The van der Waals surface area contributed by atoms with Crippen molar-refractivity contribution in [1.29, 1.82) is 5.26 Å². The minimum atomic E-state index is -0.00527. The van der Waals surface area contributed by atoms with Crippen molar-refractivity contribution in [3.8, 4) is 6.07 Å². The highest BCUT2D eigenvalue weighted by Gasteiger charge is 2.11. The van der Waals surface area contributed by atoms with Crippen LogP contribution in [0.5, 0.6) is 0 Å². The monoisotopic (exact) mass is 232 g/mol. The van der Waals surface area contributed by atoms with E-state index in [0.29, 0.717) is 11.4 Å². The van der Waals surface area contributed by atoms with Gasteiger partial charge in [0.1, 0.15) is 5.82 Å². The molecule has 0 bridgehead atoms. The number of carbonyl (C=O) groups is 1. The number of nitrogens with zero attached hydrogens (tertiary/aromatic N) is 4. The van der Waals surface area contributed by atoms with Gasteiger partial charge in [-0.2, -0.15) is 5.26 Å². The highest BCUT2D eigenvalue weighted by molar-refractivity contribution is 5.80. The predicted octanol–water partition coefficient (Wildman–Crippen LogP) is 0.786. The molecule has 0 aliphatic heterocycles. The lowest BCUT2D eigenvalue weighted by Crippen LogP contribution is -2.34. The molecule has 1 aromatic rings. The van der Waals surface area contributed by atoms with Crippen molar-refractivity contribution in [2.45, 2.75) is 6.92 Å². The van der Waals surface area contributed by atoms with Crippen LogP contribution < -0.4 is 4.90 Å². The van der Waals surface area contributed by atoms with E-state index in [2.05, 4.69) is 11.1 Å². The highest BCUT2D eigenvalue weighted by Crippen LogP contribution is 2.13. The van der Waals surface area contributed by atoms with Crippen LogP contribution in [0.15, 0.2) is 12.1 Å². The topological polar surface area (TPSA) is 60.2 Å². The maximum absolute atomic E-state index is 11.6. The summed E-state index contributed by atoms with van der Waals surface area (Å²) in [5, 5.41) is 8.87. The lowest BCUT2D eigenvalue weighted by Gasteiger charge is -2.20. The average molecular weight is 232 g/mol. The Morgan fingerprint density at radius 1 is 1.41 bits per heavy atom. The molecular formula is C12H16N4O. The minimum Gasteiger partial charge on any atom is -0.350 e. The quantitative estimate of drug-likeness (QED) is 0.773. The maximum Gasteiger partial charge on any atom is 0.241 e. The van der Waals surface area contributed by atoms with Gasteiger partial charge in [-0.1, -0.05) is 0 Å². The molecule has 0 aromatic carbocycles. The third kappa shape index (κ3) is 3.45. The first kappa shape index (κ1) is 13.0. The van der Waals surface area contributed by atoms with E-state index >= 15 is 0 Å². The summed E-state index contributed by atoms with van der Waals surface area (Å²) in [6.07, 6.45) is 0. The van der Waals surface area contributed by atoms with Crippen molar-refractivity contribution in [2.75, 3.05) is 32.6 Å². The summed E-state index contributed by atoms with van der Waals surface area (Å²) in [5.41, 5.74) is 1.32. The molecule has 0 N–H and O–H groups in total. The molecule has 0 atom stereocenters. The Balaban J connectivity index is 2.89. The molecule has 1 rings (SSSR count). The molecule has 0 saturated heterocycles. The van der Waals surface area contributed by atoms with E-state index in [1.807, 2.05) is 6.92 Å². The molecule has 5 nitrogen and oxygen atoms in total. The minimum absolute atomic E-state index is 0.00527. The van der Waals surface area contributed by atoms with Gasteiger partial charge in [0, 0.05) is 26.8 Å². The number of anilines is 1. The van der Waals surface area contributed by atoms with Crippen molar-refractivity contribution < 1.29 is 4.79 Å². The second kappa shape index (κ2) is 5.30. The van der Waals surface area contributed by atoms with Crippen LogP contribution in [-0.2, 0) is 4.79 Å². The van der Waals surface area contributed by atoms with Gasteiger partial charge in [-0.15, -0.1) is 0 Å². The van der Waals surface area contributed by atoms with Gasteiger partial charge in [0.15, 0.2) is 0 Å². The molecule has 0 saturated carbocycles. The Morgan fingerprint density at radius 3 is 2.59 bits per heavy atom. The zero-order valence-corrected chi connectivity index (χ0v) is 10.6. The normalized spacial score (nSPS) is 9.59. The van der Waals surface area contributed by atoms with Crippen LogP contribution in [0.3, 0.4) is 0 Å². The van der Waals surface area contributed by atoms with E-state index in [4.69, 9.17) is 5.26 Å². The number of hydrogen-bond acceptors (Lipinski definition) is 4. The van der Waals surface area contributed by atoms with Gasteiger partial charge in [-0.05, 0) is 19.1 Å². The van der Waals surface area contributed by atoms with Crippen LogP contribution >= 0.6 is 0 Å². The fourth-order valence-corrected chi connectivity index (χ4v) is 1.34. The van der Waals surface area contributed by atoms with E-state index in [-0.39, 0.29) is 12.5 Å². The Bertz CT molecular complexity index is 462. The molecule has 0 aliphatic rings. The van der Waals surface area contributed by atoms with Crippen LogP contribution in [0.4, 0.5) is 5.82 Å². The number of aryl methyl sites for hydroxylation is 1. The number of pyridine rings is 1. The summed E-state index contributed by atoms with van der Waals surface area (Å²) in [6, 6.07) is 5.47. The fourth-order valence-electron chi connectivity index (χ4n) is 1.34. The molecule has 0 fully saturated rings. The van der Waals surface area contributed by atoms with Gasteiger partial charge < -0.3 is 9.80 Å². The zero-order valence-electron chi connectivity index (χ0n) is 10.6. The highest BCUT2D eigenvalue weighted by atomic mass is 16.2. The molecule has 1 amide bonds. The van der Waals surface area contributed by atoms with E-state index in [1.54, 1.807) is 38.2 Å². The SMILES string of the molecule is Cc1cc(C#N)cc(N(C)CC(=O)N(C)C)n1. The summed E-state index contributed by atoms with van der Waals surface area (Å²) in [4.78, 5) is 19.1. The van der Waals surface area contributed by atoms with Crippen molar-refractivity contribution in [3.63, 3.8) is 0 Å². The van der Waals surface area contributed by atoms with Crippen molar-refractivity contribution in [1.82, 2.24) is 9.88 Å². The number of nitriles is 1. The maximum atomic E-state index is 11.6. The van der Waals surface area contributed by atoms with Crippen molar-refractivity contribution in [2.24, 2.45) is 0 Å². The standard InChI is InChI=1S/C12H16N4O/c1-9-5-10(7-13)6-11(14-9)16(4)8-12(17)15(2)3/h5-6H,8H2,1-4H3. The van der Waals surface area contributed by atoms with Gasteiger partial charge in [-0.3, -0.25) is 4.79 Å². The predicted molar refractivity (Wildman–Crippen MR) is 65.7 cm³/mol. The summed E-state index contributed by atoms with van der Waals surface area (Å²) >= 11 is 0. The largest absolute Gasteiger partial charge is 0.350 e. The number of amides is 1. The van der Waals surface area contributed by atoms with Crippen LogP contribution in [0.25, 0.3) is 0 Å². The number of likely N-dealkylation sites (N-methyl/N-ethyl adjacent to an activating group) is 2. The fraction of sp³-hybridized carbons (Fsp3) is 0.417.